The molecule has 0 spiro atoms. The van der Waals surface area contributed by atoms with E-state index in [1.165, 1.54) is 5.57 Å². The first kappa shape index (κ1) is 15.7. The van der Waals surface area contributed by atoms with Crippen molar-refractivity contribution in [1.82, 2.24) is 4.90 Å². The van der Waals surface area contributed by atoms with Crippen molar-refractivity contribution in [1.29, 1.82) is 0 Å². The molecule has 0 aliphatic heterocycles. The van der Waals surface area contributed by atoms with Crippen LogP contribution in [-0.2, 0) is 0 Å². The third-order valence-electron chi connectivity index (χ3n) is 3.89. The Morgan fingerprint density at radius 1 is 1.12 bits per heavy atom. The fraction of sp³-hybridized carbons (Fsp3) is 0.867. The van der Waals surface area contributed by atoms with Gasteiger partial charge >= 0.3 is 0 Å². The molecule has 2 atom stereocenters. The molecular weight excluding hydrogens is 194 g/mol. The molecule has 0 amide bonds. The third kappa shape index (κ3) is 4.69. The van der Waals surface area contributed by atoms with Gasteiger partial charge in [0.1, 0.15) is 0 Å². The molecule has 1 nitrogen and oxygen atoms in total. The molecule has 0 bridgehead atoms. The molecule has 16 heavy (non-hydrogen) atoms. The summed E-state index contributed by atoms with van der Waals surface area (Å²) in [5.74, 6) is 1.27. The Kier molecular flexibility index (Phi) is 5.75. The van der Waals surface area contributed by atoms with Crippen LogP contribution in [0.2, 0.25) is 0 Å². The van der Waals surface area contributed by atoms with Crippen LogP contribution in [0.3, 0.4) is 0 Å². The Hall–Kier alpha value is -0.300. The Balaban J connectivity index is 4.39. The van der Waals surface area contributed by atoms with E-state index in [1.807, 2.05) is 0 Å². The van der Waals surface area contributed by atoms with Gasteiger partial charge in [-0.15, -0.1) is 0 Å². The number of nitrogens with zero attached hydrogens (tertiary/aromatic N) is 1. The summed E-state index contributed by atoms with van der Waals surface area (Å²) in [6.07, 6.45) is 1.14. The fourth-order valence-electron chi connectivity index (χ4n) is 1.81. The first-order valence-corrected chi connectivity index (χ1v) is 6.48. The molecule has 0 fully saturated rings. The lowest BCUT2D eigenvalue weighted by molar-refractivity contribution is 0.0930. The van der Waals surface area contributed by atoms with E-state index < -0.39 is 0 Å². The molecule has 0 aromatic rings. The molecular formula is C15H31N. The topological polar surface area (TPSA) is 3.24 Å². The van der Waals surface area contributed by atoms with E-state index in [9.17, 15) is 0 Å². The lowest BCUT2D eigenvalue weighted by Gasteiger charge is -2.40. The summed E-state index contributed by atoms with van der Waals surface area (Å²) in [4.78, 5) is 2.46. The minimum atomic E-state index is 0.243. The minimum Gasteiger partial charge on any atom is -0.299 e. The zero-order chi connectivity index (χ0) is 13.1. The quantitative estimate of drug-likeness (QED) is 0.629. The van der Waals surface area contributed by atoms with Gasteiger partial charge in [0.25, 0.3) is 0 Å². The molecule has 0 heterocycles. The number of hydrogen-bond donors (Lipinski definition) is 0. The van der Waals surface area contributed by atoms with Crippen molar-refractivity contribution in [2.45, 2.75) is 66.5 Å². The first-order chi connectivity index (χ1) is 7.07. The van der Waals surface area contributed by atoms with Crippen LogP contribution in [-0.4, -0.2) is 23.5 Å². The summed E-state index contributed by atoms with van der Waals surface area (Å²) in [7, 11) is 2.22. The largest absolute Gasteiger partial charge is 0.299 e. The zero-order valence-electron chi connectivity index (χ0n) is 12.6. The van der Waals surface area contributed by atoms with Gasteiger partial charge in [0.15, 0.2) is 0 Å². The summed E-state index contributed by atoms with van der Waals surface area (Å²) in [6.45, 7) is 20.1. The SMILES string of the molecule is C=C(CC(C)C(C)N(C)C(C)(C)C)C(C)C. The van der Waals surface area contributed by atoms with Crippen molar-refractivity contribution >= 4 is 0 Å². The average molecular weight is 225 g/mol. The Labute approximate surface area is 103 Å². The molecule has 0 aromatic carbocycles. The van der Waals surface area contributed by atoms with Gasteiger partial charge in [0.2, 0.25) is 0 Å². The van der Waals surface area contributed by atoms with E-state index in [-0.39, 0.29) is 5.54 Å². The molecule has 0 N–H and O–H groups in total. The maximum absolute atomic E-state index is 4.18. The van der Waals surface area contributed by atoms with Crippen molar-refractivity contribution in [3.8, 4) is 0 Å². The van der Waals surface area contributed by atoms with Crippen molar-refractivity contribution in [3.63, 3.8) is 0 Å². The van der Waals surface area contributed by atoms with E-state index in [4.69, 9.17) is 0 Å². The predicted molar refractivity (Wildman–Crippen MR) is 74.7 cm³/mol. The van der Waals surface area contributed by atoms with E-state index in [1.54, 1.807) is 0 Å². The van der Waals surface area contributed by atoms with Gasteiger partial charge in [-0.25, -0.2) is 0 Å². The van der Waals surface area contributed by atoms with Gasteiger partial charge < -0.3 is 0 Å². The monoisotopic (exact) mass is 225 g/mol. The van der Waals surface area contributed by atoms with E-state index in [0.717, 1.165) is 6.42 Å². The molecule has 0 aromatic heterocycles. The summed E-state index contributed by atoms with van der Waals surface area (Å²) in [5.41, 5.74) is 1.62. The average Bonchev–Trinajstić information content (AvgIpc) is 2.13. The van der Waals surface area contributed by atoms with Crippen molar-refractivity contribution in [2.24, 2.45) is 11.8 Å². The predicted octanol–water partition coefficient (Wildman–Crippen LogP) is 4.34. The summed E-state index contributed by atoms with van der Waals surface area (Å²) < 4.78 is 0. The summed E-state index contributed by atoms with van der Waals surface area (Å²) in [6, 6.07) is 0.593. The number of hydrogen-bond acceptors (Lipinski definition) is 1. The van der Waals surface area contributed by atoms with Crippen LogP contribution >= 0.6 is 0 Å². The Morgan fingerprint density at radius 3 is 1.88 bits per heavy atom. The normalized spacial score (nSPS) is 16.6. The van der Waals surface area contributed by atoms with Crippen LogP contribution in [0.15, 0.2) is 12.2 Å². The van der Waals surface area contributed by atoms with Crippen LogP contribution in [0.4, 0.5) is 0 Å². The summed E-state index contributed by atoms with van der Waals surface area (Å²) >= 11 is 0. The molecule has 1 heteroatoms. The summed E-state index contributed by atoms with van der Waals surface area (Å²) in [5, 5.41) is 0. The molecule has 0 aliphatic rings. The van der Waals surface area contributed by atoms with Crippen molar-refractivity contribution < 1.29 is 0 Å². The van der Waals surface area contributed by atoms with Gasteiger partial charge in [-0.1, -0.05) is 32.9 Å². The van der Waals surface area contributed by atoms with E-state index >= 15 is 0 Å². The third-order valence-corrected chi connectivity index (χ3v) is 3.89. The smallest absolute Gasteiger partial charge is 0.0124 e. The molecule has 0 radical (unpaired) electrons. The fourth-order valence-corrected chi connectivity index (χ4v) is 1.81. The minimum absolute atomic E-state index is 0.243. The lowest BCUT2D eigenvalue weighted by Crippen LogP contribution is -2.46. The van der Waals surface area contributed by atoms with Crippen LogP contribution in [0, 0.1) is 11.8 Å². The highest BCUT2D eigenvalue weighted by molar-refractivity contribution is 5.00. The Morgan fingerprint density at radius 2 is 1.56 bits per heavy atom. The second-order valence-corrected chi connectivity index (χ2v) is 6.52. The van der Waals surface area contributed by atoms with Crippen LogP contribution in [0.1, 0.15) is 54.9 Å². The van der Waals surface area contributed by atoms with Gasteiger partial charge in [0, 0.05) is 11.6 Å². The second-order valence-electron chi connectivity index (χ2n) is 6.52. The number of allylic oxidation sites excluding steroid dienone is 1. The molecule has 0 aliphatic carbocycles. The van der Waals surface area contributed by atoms with Crippen LogP contribution in [0.25, 0.3) is 0 Å². The van der Waals surface area contributed by atoms with Gasteiger partial charge in [0.05, 0.1) is 0 Å². The molecule has 0 saturated carbocycles. The highest BCUT2D eigenvalue weighted by atomic mass is 15.2. The Bertz CT molecular complexity index is 222. The van der Waals surface area contributed by atoms with E-state index in [2.05, 4.69) is 67.0 Å². The second kappa shape index (κ2) is 5.86. The molecule has 0 rings (SSSR count). The maximum atomic E-state index is 4.18. The maximum Gasteiger partial charge on any atom is 0.0124 e. The van der Waals surface area contributed by atoms with E-state index in [0.29, 0.717) is 17.9 Å². The molecule has 96 valence electrons. The highest BCUT2D eigenvalue weighted by Gasteiger charge is 2.26. The molecule has 0 saturated heterocycles. The molecule has 2 unspecified atom stereocenters. The van der Waals surface area contributed by atoms with Gasteiger partial charge in [-0.05, 0) is 53.0 Å². The number of rotatable bonds is 5. The van der Waals surface area contributed by atoms with Gasteiger partial charge in [-0.2, -0.15) is 0 Å². The van der Waals surface area contributed by atoms with Crippen LogP contribution < -0.4 is 0 Å². The highest BCUT2D eigenvalue weighted by Crippen LogP contribution is 2.25. The van der Waals surface area contributed by atoms with Gasteiger partial charge in [-0.3, -0.25) is 4.90 Å². The lowest BCUT2D eigenvalue weighted by atomic mass is 9.88. The van der Waals surface area contributed by atoms with Crippen LogP contribution in [0.5, 0.6) is 0 Å². The zero-order valence-corrected chi connectivity index (χ0v) is 12.6. The first-order valence-electron chi connectivity index (χ1n) is 6.48. The van der Waals surface area contributed by atoms with Crippen molar-refractivity contribution in [3.05, 3.63) is 12.2 Å². The van der Waals surface area contributed by atoms with Crippen molar-refractivity contribution in [2.75, 3.05) is 7.05 Å². The standard InChI is InChI=1S/C15H31N/c1-11(2)12(3)10-13(4)14(5)16(9)15(6,7)8/h11,13-14H,3,10H2,1-2,4-9H3.